The number of carbonyl (C=O) groups is 1. The van der Waals surface area contributed by atoms with Crippen molar-refractivity contribution < 1.29 is 9.53 Å². The third kappa shape index (κ3) is 2.85. The molecule has 3 fully saturated rings. The highest BCUT2D eigenvalue weighted by Crippen LogP contribution is 2.39. The van der Waals surface area contributed by atoms with Gasteiger partial charge in [-0.2, -0.15) is 0 Å². The highest BCUT2D eigenvalue weighted by molar-refractivity contribution is 5.82. The molecule has 0 radical (unpaired) electrons. The second-order valence-electron chi connectivity index (χ2n) is 6.58. The number of piperidine rings is 2. The molecule has 114 valence electrons. The molecule has 0 bridgehead atoms. The zero-order valence-corrected chi connectivity index (χ0v) is 12.5. The van der Waals surface area contributed by atoms with E-state index in [9.17, 15) is 4.79 Å². The number of morpholine rings is 1. The molecule has 0 aromatic heterocycles. The molecule has 0 saturated carbocycles. The number of hydrogen-bond donors (Lipinski definition) is 2. The van der Waals surface area contributed by atoms with Gasteiger partial charge in [0.2, 0.25) is 5.91 Å². The van der Waals surface area contributed by atoms with Crippen molar-refractivity contribution in [2.45, 2.75) is 44.8 Å². The average Bonchev–Trinajstić information content (AvgIpc) is 2.49. The lowest BCUT2D eigenvalue weighted by Gasteiger charge is -2.45. The van der Waals surface area contributed by atoms with Gasteiger partial charge >= 0.3 is 0 Å². The van der Waals surface area contributed by atoms with Crippen LogP contribution in [0.1, 0.15) is 32.6 Å². The van der Waals surface area contributed by atoms with Gasteiger partial charge in [-0.05, 0) is 51.1 Å². The smallest absolute Gasteiger partial charge is 0.242 e. The van der Waals surface area contributed by atoms with E-state index < -0.39 is 0 Å². The normalized spacial score (nSPS) is 34.1. The van der Waals surface area contributed by atoms with Gasteiger partial charge in [-0.3, -0.25) is 4.79 Å². The largest absolute Gasteiger partial charge is 0.375 e. The predicted octanol–water partition coefficient (Wildman–Crippen LogP) is 0.356. The molecule has 3 rings (SSSR count). The number of likely N-dealkylation sites (tertiary alicyclic amines) is 1. The number of hydrogen-bond acceptors (Lipinski definition) is 4. The second-order valence-corrected chi connectivity index (χ2v) is 6.58. The van der Waals surface area contributed by atoms with Crippen LogP contribution in [-0.4, -0.2) is 62.3 Å². The Labute approximate surface area is 121 Å². The van der Waals surface area contributed by atoms with Gasteiger partial charge in [0.15, 0.2) is 0 Å². The zero-order chi connectivity index (χ0) is 14.0. The number of rotatable bonds is 1. The van der Waals surface area contributed by atoms with Crippen LogP contribution in [0, 0.1) is 5.41 Å². The van der Waals surface area contributed by atoms with Gasteiger partial charge in [0, 0.05) is 19.6 Å². The lowest BCUT2D eigenvalue weighted by Crippen LogP contribution is -2.58. The fourth-order valence-electron chi connectivity index (χ4n) is 3.86. The van der Waals surface area contributed by atoms with Crippen molar-refractivity contribution in [3.63, 3.8) is 0 Å². The molecule has 3 aliphatic heterocycles. The summed E-state index contributed by atoms with van der Waals surface area (Å²) in [6, 6.07) is -0.147. The molecule has 1 amide bonds. The summed E-state index contributed by atoms with van der Waals surface area (Å²) in [5.74, 6) is 0.237. The molecule has 20 heavy (non-hydrogen) atoms. The minimum atomic E-state index is -0.147. The molecule has 2 N–H and O–H groups in total. The van der Waals surface area contributed by atoms with Crippen molar-refractivity contribution in [2.24, 2.45) is 5.41 Å². The number of ether oxygens (including phenoxy) is 1. The first-order chi connectivity index (χ1) is 9.70. The number of nitrogens with zero attached hydrogens (tertiary/aromatic N) is 1. The summed E-state index contributed by atoms with van der Waals surface area (Å²) in [5.41, 5.74) is 0.504. The summed E-state index contributed by atoms with van der Waals surface area (Å²) in [5, 5.41) is 6.75. The van der Waals surface area contributed by atoms with Gasteiger partial charge in [-0.1, -0.05) is 0 Å². The van der Waals surface area contributed by atoms with Crippen molar-refractivity contribution in [1.82, 2.24) is 15.5 Å². The SMILES string of the molecule is C[C@H]1OCCN[C@@H]1C(=O)N1CCC2(CCNCC2)CC1. The minimum Gasteiger partial charge on any atom is -0.375 e. The summed E-state index contributed by atoms with van der Waals surface area (Å²) in [6.45, 7) is 7.61. The summed E-state index contributed by atoms with van der Waals surface area (Å²) in [6.07, 6.45) is 4.88. The third-order valence-corrected chi connectivity index (χ3v) is 5.38. The Bertz CT molecular complexity index is 345. The van der Waals surface area contributed by atoms with Gasteiger partial charge in [-0.25, -0.2) is 0 Å². The van der Waals surface area contributed by atoms with Gasteiger partial charge < -0.3 is 20.3 Å². The number of nitrogens with one attached hydrogen (secondary N) is 2. The summed E-state index contributed by atoms with van der Waals surface area (Å²) < 4.78 is 5.59. The monoisotopic (exact) mass is 281 g/mol. The number of carbonyl (C=O) groups excluding carboxylic acids is 1. The molecule has 5 nitrogen and oxygen atoms in total. The van der Waals surface area contributed by atoms with E-state index in [1.165, 1.54) is 25.7 Å². The Morgan fingerprint density at radius 2 is 1.85 bits per heavy atom. The van der Waals surface area contributed by atoms with Crippen LogP contribution in [0.4, 0.5) is 0 Å². The first-order valence-electron chi connectivity index (χ1n) is 8.05. The predicted molar refractivity (Wildman–Crippen MR) is 77.6 cm³/mol. The van der Waals surface area contributed by atoms with E-state index in [2.05, 4.69) is 15.5 Å². The third-order valence-electron chi connectivity index (χ3n) is 5.38. The van der Waals surface area contributed by atoms with Crippen LogP contribution < -0.4 is 10.6 Å². The van der Waals surface area contributed by atoms with Crippen LogP contribution in [0.3, 0.4) is 0 Å². The highest BCUT2D eigenvalue weighted by Gasteiger charge is 2.39. The van der Waals surface area contributed by atoms with Crippen LogP contribution in [0.5, 0.6) is 0 Å². The highest BCUT2D eigenvalue weighted by atomic mass is 16.5. The van der Waals surface area contributed by atoms with Crippen molar-refractivity contribution in [2.75, 3.05) is 39.3 Å². The zero-order valence-electron chi connectivity index (χ0n) is 12.5. The summed E-state index contributed by atoms with van der Waals surface area (Å²) in [4.78, 5) is 14.7. The van der Waals surface area contributed by atoms with Crippen LogP contribution in [-0.2, 0) is 9.53 Å². The van der Waals surface area contributed by atoms with Crippen molar-refractivity contribution in [3.8, 4) is 0 Å². The molecule has 0 aliphatic carbocycles. The van der Waals surface area contributed by atoms with E-state index in [0.29, 0.717) is 12.0 Å². The molecule has 3 saturated heterocycles. The molecular formula is C15H27N3O2. The Morgan fingerprint density at radius 1 is 1.15 bits per heavy atom. The number of amides is 1. The van der Waals surface area contributed by atoms with E-state index in [1.54, 1.807) is 0 Å². The van der Waals surface area contributed by atoms with Crippen molar-refractivity contribution in [1.29, 1.82) is 0 Å². The second kappa shape index (κ2) is 6.00. The Morgan fingerprint density at radius 3 is 2.50 bits per heavy atom. The van der Waals surface area contributed by atoms with E-state index in [4.69, 9.17) is 4.74 Å². The molecule has 0 aromatic carbocycles. The fraction of sp³-hybridized carbons (Fsp3) is 0.933. The Kier molecular flexibility index (Phi) is 4.29. The first-order valence-corrected chi connectivity index (χ1v) is 8.05. The van der Waals surface area contributed by atoms with Crippen LogP contribution in [0.15, 0.2) is 0 Å². The average molecular weight is 281 g/mol. The van der Waals surface area contributed by atoms with Gasteiger partial charge in [0.25, 0.3) is 0 Å². The van der Waals surface area contributed by atoms with Crippen LogP contribution >= 0.6 is 0 Å². The van der Waals surface area contributed by atoms with E-state index >= 15 is 0 Å². The van der Waals surface area contributed by atoms with E-state index in [0.717, 1.165) is 32.7 Å². The maximum Gasteiger partial charge on any atom is 0.242 e. The molecule has 3 aliphatic rings. The topological polar surface area (TPSA) is 53.6 Å². The maximum absolute atomic E-state index is 12.6. The molecule has 3 heterocycles. The van der Waals surface area contributed by atoms with Gasteiger partial charge in [0.05, 0.1) is 12.7 Å². The molecule has 5 heteroatoms. The van der Waals surface area contributed by atoms with Gasteiger partial charge in [-0.15, -0.1) is 0 Å². The lowest BCUT2D eigenvalue weighted by atomic mass is 9.71. The molecule has 0 unspecified atom stereocenters. The maximum atomic E-state index is 12.6. The fourth-order valence-corrected chi connectivity index (χ4v) is 3.86. The Balaban J connectivity index is 1.55. The summed E-state index contributed by atoms with van der Waals surface area (Å²) in [7, 11) is 0. The Hall–Kier alpha value is -0.650. The molecular weight excluding hydrogens is 254 g/mol. The van der Waals surface area contributed by atoms with Gasteiger partial charge in [0.1, 0.15) is 6.04 Å². The molecule has 2 atom stereocenters. The molecule has 1 spiro atoms. The lowest BCUT2D eigenvalue weighted by molar-refractivity contribution is -0.142. The molecule has 0 aromatic rings. The van der Waals surface area contributed by atoms with E-state index in [-0.39, 0.29) is 18.1 Å². The minimum absolute atomic E-state index is 0.00832. The summed E-state index contributed by atoms with van der Waals surface area (Å²) >= 11 is 0. The first kappa shape index (κ1) is 14.3. The van der Waals surface area contributed by atoms with E-state index in [1.807, 2.05) is 6.92 Å². The van der Waals surface area contributed by atoms with Crippen LogP contribution in [0.2, 0.25) is 0 Å². The standard InChI is InChI=1S/C15H27N3O2/c1-12-13(17-8-11-20-12)14(19)18-9-4-15(5-10-18)2-6-16-7-3-15/h12-13,16-17H,2-11H2,1H3/t12-,13+/m1/s1. The van der Waals surface area contributed by atoms with Crippen LogP contribution in [0.25, 0.3) is 0 Å². The van der Waals surface area contributed by atoms with Crippen molar-refractivity contribution >= 4 is 5.91 Å². The quantitative estimate of drug-likeness (QED) is 0.728. The van der Waals surface area contributed by atoms with Crippen molar-refractivity contribution in [3.05, 3.63) is 0 Å².